The zero-order valence-electron chi connectivity index (χ0n) is 2.87. The molecule has 0 aliphatic carbocycles. The largest absolute Gasteiger partial charge is 0.103 e. The number of allylic oxidation sites excluding steroid dienone is 1. The maximum Gasteiger partial charge on any atom is -0.00842 e. The van der Waals surface area contributed by atoms with E-state index in [1.165, 1.54) is 6.16 Å². The van der Waals surface area contributed by atoms with Gasteiger partial charge >= 0.3 is 0 Å². The third-order valence-electron chi connectivity index (χ3n) is 0.221. The van der Waals surface area contributed by atoms with E-state index in [9.17, 15) is 0 Å². The van der Waals surface area contributed by atoms with Crippen molar-refractivity contribution in [1.29, 1.82) is 0 Å². The molecule has 0 N–H and O–H groups in total. The molecule has 5 heavy (non-hydrogen) atoms. The summed E-state index contributed by atoms with van der Waals surface area (Å²) in [7, 11) is 0. The van der Waals surface area contributed by atoms with Crippen LogP contribution in [0.15, 0.2) is 12.7 Å². The van der Waals surface area contributed by atoms with E-state index in [1.807, 2.05) is 6.08 Å². The summed E-state index contributed by atoms with van der Waals surface area (Å²) in [6.45, 7) is 3.55. The van der Waals surface area contributed by atoms with Crippen LogP contribution in [0.1, 0.15) is 0 Å². The van der Waals surface area contributed by atoms with Gasteiger partial charge in [0.15, 0.2) is 0 Å². The summed E-state index contributed by atoms with van der Waals surface area (Å²) >= 11 is 2.34. The predicted molar refractivity (Wildman–Crippen MR) is 37.4 cm³/mol. The van der Waals surface area contributed by atoms with Crippen molar-refractivity contribution in [1.82, 2.24) is 0 Å². The molecule has 0 rings (SSSR count). The minimum atomic E-state index is 1.01. The second-order valence-electron chi connectivity index (χ2n) is 0.626. The molecule has 0 fully saturated rings. The highest BCUT2D eigenvalue weighted by atomic mass is 127. The van der Waals surface area contributed by atoms with Crippen molar-refractivity contribution in [3.8, 4) is 0 Å². The zero-order chi connectivity index (χ0) is 4.12. The Morgan fingerprint density at radius 1 is 2.00 bits per heavy atom. The van der Waals surface area contributed by atoms with Gasteiger partial charge in [-0.25, -0.2) is 0 Å². The Hall–Kier alpha value is 0.900. The van der Waals surface area contributed by atoms with Gasteiger partial charge in [-0.2, -0.15) is 0 Å². The maximum absolute atomic E-state index is 3.55. The van der Waals surface area contributed by atoms with Crippen molar-refractivity contribution < 1.29 is 0 Å². The van der Waals surface area contributed by atoms with Gasteiger partial charge in [-0.1, -0.05) is 34.3 Å². The first-order valence-corrected chi connectivity index (χ1v) is 5.68. The highest BCUT2D eigenvalue weighted by molar-refractivity contribution is 14.2. The Balaban J connectivity index is 2.40. The van der Waals surface area contributed by atoms with Crippen LogP contribution in [0.25, 0.3) is 0 Å². The first kappa shape index (κ1) is 5.90. The van der Waals surface area contributed by atoms with Crippen LogP contribution in [0, 0.1) is 0 Å². The molecular formula is C3H6IP. The van der Waals surface area contributed by atoms with Gasteiger partial charge in [-0.3, -0.25) is 0 Å². The Labute approximate surface area is 47.3 Å². The molecule has 1 unspecified atom stereocenters. The number of rotatable bonds is 2. The van der Waals surface area contributed by atoms with Crippen LogP contribution < -0.4 is 0 Å². The van der Waals surface area contributed by atoms with Gasteiger partial charge in [0, 0.05) is 0 Å². The third-order valence-corrected chi connectivity index (χ3v) is 1.99. The lowest BCUT2D eigenvalue weighted by molar-refractivity contribution is 1.83. The first-order chi connectivity index (χ1) is 2.41. The van der Waals surface area contributed by atoms with E-state index in [0.29, 0.717) is 0 Å². The van der Waals surface area contributed by atoms with E-state index in [4.69, 9.17) is 0 Å². The predicted octanol–water partition coefficient (Wildman–Crippen LogP) is 2.20. The summed E-state index contributed by atoms with van der Waals surface area (Å²) in [5, 5.41) is 0. The molecule has 0 bridgehead atoms. The van der Waals surface area contributed by atoms with Crippen molar-refractivity contribution in [3.63, 3.8) is 0 Å². The van der Waals surface area contributed by atoms with Crippen LogP contribution in [0.5, 0.6) is 0 Å². The molecule has 0 amide bonds. The third kappa shape index (κ3) is 4.90. The average Bonchev–Trinajstić information content (AvgIpc) is 1.41. The molecule has 1 atom stereocenters. The van der Waals surface area contributed by atoms with Crippen molar-refractivity contribution >= 4 is 28.3 Å². The molecule has 0 aromatic carbocycles. The summed E-state index contributed by atoms with van der Waals surface area (Å²) in [5.74, 6) is 0. The van der Waals surface area contributed by atoms with E-state index >= 15 is 0 Å². The van der Waals surface area contributed by atoms with Gasteiger partial charge in [0.05, 0.1) is 0 Å². The number of halogens is 1. The van der Waals surface area contributed by atoms with E-state index in [1.54, 1.807) is 0 Å². The van der Waals surface area contributed by atoms with Gasteiger partial charge in [-0.05, 0) is 6.16 Å². The molecule has 0 aromatic rings. The molecule has 30 valence electrons. The SMILES string of the molecule is C=CCPI. The van der Waals surface area contributed by atoms with Crippen LogP contribution in [0.4, 0.5) is 0 Å². The molecule has 0 aromatic heterocycles. The molecule has 0 nitrogen and oxygen atoms in total. The Kier molecular flexibility index (Phi) is 5.78. The van der Waals surface area contributed by atoms with Crippen molar-refractivity contribution in [2.45, 2.75) is 0 Å². The molecule has 0 heterocycles. The zero-order valence-corrected chi connectivity index (χ0v) is 6.03. The minimum absolute atomic E-state index is 1.01. The quantitative estimate of drug-likeness (QED) is 0.364. The molecule has 0 saturated carbocycles. The van der Waals surface area contributed by atoms with Crippen molar-refractivity contribution in [2.24, 2.45) is 0 Å². The lowest BCUT2D eigenvalue weighted by Gasteiger charge is -1.71. The Morgan fingerprint density at radius 3 is 2.60 bits per heavy atom. The number of hydrogen-bond acceptors (Lipinski definition) is 0. The lowest BCUT2D eigenvalue weighted by Crippen LogP contribution is -1.48. The van der Waals surface area contributed by atoms with E-state index in [0.717, 1.165) is 6.22 Å². The second kappa shape index (κ2) is 4.90. The van der Waals surface area contributed by atoms with Crippen LogP contribution in [0.3, 0.4) is 0 Å². The fourth-order valence-corrected chi connectivity index (χ4v) is 1.10. The highest BCUT2D eigenvalue weighted by Gasteiger charge is 1.62. The fourth-order valence-electron chi connectivity index (χ4n) is 0.0546. The van der Waals surface area contributed by atoms with Gasteiger partial charge < -0.3 is 0 Å². The molecule has 0 saturated heterocycles. The van der Waals surface area contributed by atoms with Gasteiger partial charge in [0.2, 0.25) is 0 Å². The van der Waals surface area contributed by atoms with Crippen molar-refractivity contribution in [3.05, 3.63) is 12.7 Å². The average molecular weight is 200 g/mol. The first-order valence-electron chi connectivity index (χ1n) is 1.36. The highest BCUT2D eigenvalue weighted by Crippen LogP contribution is 2.18. The molecule has 0 radical (unpaired) electrons. The lowest BCUT2D eigenvalue weighted by atomic mass is 10.8. The molecule has 2 heteroatoms. The molecular weight excluding hydrogens is 194 g/mol. The monoisotopic (exact) mass is 200 g/mol. The number of hydrogen-bond donors (Lipinski definition) is 0. The molecule has 0 spiro atoms. The van der Waals surface area contributed by atoms with Crippen LogP contribution in [-0.2, 0) is 0 Å². The van der Waals surface area contributed by atoms with Crippen LogP contribution in [0.2, 0.25) is 0 Å². The minimum Gasteiger partial charge on any atom is -0.103 e. The Bertz CT molecular complexity index is 28.1. The normalized spacial score (nSPS) is 9.80. The summed E-state index contributed by atoms with van der Waals surface area (Å²) in [5.41, 5.74) is 0. The Morgan fingerprint density at radius 2 is 2.60 bits per heavy atom. The standard InChI is InChI=1S/C3H6IP/c1-2-3-5-4/h2,5H,1,3H2. The second-order valence-corrected chi connectivity index (χ2v) is 3.59. The molecule has 0 aliphatic rings. The summed E-state index contributed by atoms with van der Waals surface area (Å²) < 4.78 is 0. The smallest absolute Gasteiger partial charge is 0.00842 e. The van der Waals surface area contributed by atoms with Gasteiger partial charge in [0.25, 0.3) is 0 Å². The maximum atomic E-state index is 3.55. The van der Waals surface area contributed by atoms with Crippen molar-refractivity contribution in [2.75, 3.05) is 6.16 Å². The fraction of sp³-hybridized carbons (Fsp3) is 0.333. The van der Waals surface area contributed by atoms with E-state index < -0.39 is 0 Å². The van der Waals surface area contributed by atoms with Crippen LogP contribution >= 0.6 is 28.3 Å². The van der Waals surface area contributed by atoms with E-state index in [2.05, 4.69) is 28.6 Å². The van der Waals surface area contributed by atoms with Gasteiger partial charge in [0.1, 0.15) is 0 Å². The topological polar surface area (TPSA) is 0 Å². The molecule has 0 aliphatic heterocycles. The summed E-state index contributed by atoms with van der Waals surface area (Å²) in [6.07, 6.45) is 4.11. The van der Waals surface area contributed by atoms with Crippen LogP contribution in [-0.4, -0.2) is 6.16 Å². The summed E-state index contributed by atoms with van der Waals surface area (Å²) in [6, 6.07) is 0. The summed E-state index contributed by atoms with van der Waals surface area (Å²) in [4.78, 5) is 0. The van der Waals surface area contributed by atoms with E-state index in [-0.39, 0.29) is 0 Å². The van der Waals surface area contributed by atoms with Gasteiger partial charge in [-0.15, -0.1) is 6.58 Å².